The quantitative estimate of drug-likeness (QED) is 0.776. The first-order chi connectivity index (χ1) is 12.0. The van der Waals surface area contributed by atoms with Gasteiger partial charge in [-0.05, 0) is 57.3 Å². The van der Waals surface area contributed by atoms with Gasteiger partial charge in [0, 0.05) is 37.7 Å². The van der Waals surface area contributed by atoms with Crippen molar-refractivity contribution in [3.05, 3.63) is 34.9 Å². The van der Waals surface area contributed by atoms with Gasteiger partial charge < -0.3 is 9.64 Å². The van der Waals surface area contributed by atoms with Gasteiger partial charge in [0.15, 0.2) is 0 Å². The molecule has 1 amide bonds. The van der Waals surface area contributed by atoms with Crippen molar-refractivity contribution in [1.82, 2.24) is 9.80 Å². The lowest BCUT2D eigenvalue weighted by atomic mass is 9.75. The third kappa shape index (κ3) is 4.18. The zero-order valence-electron chi connectivity index (χ0n) is 15.3. The summed E-state index contributed by atoms with van der Waals surface area (Å²) in [7, 11) is 2.20. The molecule has 1 atom stereocenters. The van der Waals surface area contributed by atoms with Crippen LogP contribution in [0.25, 0.3) is 0 Å². The third-order valence-corrected chi connectivity index (χ3v) is 6.17. The Bertz CT molecular complexity index is 599. The predicted octanol–water partition coefficient (Wildman–Crippen LogP) is 3.23. The van der Waals surface area contributed by atoms with Crippen LogP contribution in [0, 0.1) is 5.92 Å². The molecule has 2 fully saturated rings. The molecule has 0 aliphatic carbocycles. The fourth-order valence-corrected chi connectivity index (χ4v) is 4.38. The minimum absolute atomic E-state index is 0.167. The van der Waals surface area contributed by atoms with Crippen LogP contribution in [0.15, 0.2) is 24.3 Å². The molecule has 2 heterocycles. The molecule has 0 N–H and O–H groups in total. The SMILES string of the molecule is CCOCC1CCN(C)C2(C1)CN(C(=O)CCc1ccccc1Cl)C2. The first kappa shape index (κ1) is 18.7. The van der Waals surface area contributed by atoms with Crippen molar-refractivity contribution in [1.29, 1.82) is 0 Å². The van der Waals surface area contributed by atoms with E-state index in [1.807, 2.05) is 36.1 Å². The number of piperidine rings is 1. The summed E-state index contributed by atoms with van der Waals surface area (Å²) in [4.78, 5) is 17.0. The third-order valence-electron chi connectivity index (χ3n) is 5.80. The number of benzene rings is 1. The lowest BCUT2D eigenvalue weighted by molar-refractivity contribution is -0.151. The standard InChI is InChI=1S/C20H29ClN2O2/c1-3-25-13-16-10-11-22(2)20(12-16)14-23(15-20)19(24)9-8-17-6-4-5-7-18(17)21/h4-7,16H,3,8-15H2,1-2H3. The Labute approximate surface area is 156 Å². The summed E-state index contributed by atoms with van der Waals surface area (Å²) in [5.41, 5.74) is 1.22. The second-order valence-corrected chi connectivity index (χ2v) is 7.91. The van der Waals surface area contributed by atoms with Crippen LogP contribution in [0.2, 0.25) is 5.02 Å². The number of amides is 1. The second-order valence-electron chi connectivity index (χ2n) is 7.51. The van der Waals surface area contributed by atoms with E-state index in [0.29, 0.717) is 18.8 Å². The number of hydrogen-bond acceptors (Lipinski definition) is 3. The summed E-state index contributed by atoms with van der Waals surface area (Å²) >= 11 is 6.19. The van der Waals surface area contributed by atoms with Gasteiger partial charge in [0.25, 0.3) is 0 Å². The summed E-state index contributed by atoms with van der Waals surface area (Å²) in [5, 5.41) is 0.751. The van der Waals surface area contributed by atoms with Gasteiger partial charge in [0.05, 0.1) is 5.54 Å². The van der Waals surface area contributed by atoms with Gasteiger partial charge in [-0.3, -0.25) is 9.69 Å². The van der Waals surface area contributed by atoms with E-state index in [1.54, 1.807) is 0 Å². The number of nitrogens with zero attached hydrogens (tertiary/aromatic N) is 2. The van der Waals surface area contributed by atoms with Gasteiger partial charge >= 0.3 is 0 Å². The Hall–Kier alpha value is -1.10. The molecule has 1 unspecified atom stereocenters. The first-order valence-corrected chi connectivity index (χ1v) is 9.72. The maximum Gasteiger partial charge on any atom is 0.223 e. The second kappa shape index (κ2) is 8.07. The molecular weight excluding hydrogens is 336 g/mol. The van der Waals surface area contributed by atoms with Crippen LogP contribution in [-0.4, -0.2) is 61.1 Å². The van der Waals surface area contributed by atoms with E-state index in [1.165, 1.54) is 6.42 Å². The van der Waals surface area contributed by atoms with Crippen LogP contribution in [-0.2, 0) is 16.0 Å². The number of aryl methyl sites for hydroxylation is 1. The Morgan fingerprint density at radius 3 is 2.84 bits per heavy atom. The molecule has 25 heavy (non-hydrogen) atoms. The fraction of sp³-hybridized carbons (Fsp3) is 0.650. The van der Waals surface area contributed by atoms with Crippen molar-refractivity contribution in [2.75, 3.05) is 39.9 Å². The monoisotopic (exact) mass is 364 g/mol. The fourth-order valence-electron chi connectivity index (χ4n) is 4.15. The molecule has 0 radical (unpaired) electrons. The average Bonchev–Trinajstić information content (AvgIpc) is 2.58. The van der Waals surface area contributed by atoms with E-state index < -0.39 is 0 Å². The molecular formula is C20H29ClN2O2. The largest absolute Gasteiger partial charge is 0.381 e. The van der Waals surface area contributed by atoms with Crippen molar-refractivity contribution >= 4 is 17.5 Å². The number of carbonyl (C=O) groups excluding carboxylic acids is 1. The highest BCUT2D eigenvalue weighted by Gasteiger charge is 2.50. The Morgan fingerprint density at radius 1 is 1.36 bits per heavy atom. The van der Waals surface area contributed by atoms with E-state index in [4.69, 9.17) is 16.3 Å². The van der Waals surface area contributed by atoms with Crippen molar-refractivity contribution in [3.63, 3.8) is 0 Å². The van der Waals surface area contributed by atoms with Crippen LogP contribution < -0.4 is 0 Å². The highest BCUT2D eigenvalue weighted by Crippen LogP contribution is 2.38. The molecule has 0 aromatic heterocycles. The van der Waals surface area contributed by atoms with E-state index in [2.05, 4.69) is 11.9 Å². The minimum atomic E-state index is 0.167. The van der Waals surface area contributed by atoms with Crippen molar-refractivity contribution in [3.8, 4) is 0 Å². The van der Waals surface area contributed by atoms with Crippen LogP contribution in [0.1, 0.15) is 31.7 Å². The summed E-state index contributed by atoms with van der Waals surface area (Å²) < 4.78 is 5.63. The lowest BCUT2D eigenvalue weighted by Gasteiger charge is -2.58. The summed E-state index contributed by atoms with van der Waals surface area (Å²) in [5.74, 6) is 0.863. The zero-order chi connectivity index (χ0) is 17.9. The minimum Gasteiger partial charge on any atom is -0.381 e. The molecule has 4 nitrogen and oxygen atoms in total. The van der Waals surface area contributed by atoms with Gasteiger partial charge in [0.1, 0.15) is 0 Å². The number of likely N-dealkylation sites (N-methyl/N-ethyl adjacent to an activating group) is 1. The number of ether oxygens (including phenoxy) is 1. The van der Waals surface area contributed by atoms with Crippen LogP contribution in [0.3, 0.4) is 0 Å². The van der Waals surface area contributed by atoms with E-state index >= 15 is 0 Å². The van der Waals surface area contributed by atoms with E-state index in [0.717, 1.165) is 49.9 Å². The van der Waals surface area contributed by atoms with Crippen molar-refractivity contribution < 1.29 is 9.53 Å². The summed E-state index contributed by atoms with van der Waals surface area (Å²) in [6.07, 6.45) is 3.58. The number of hydrogen-bond donors (Lipinski definition) is 0. The first-order valence-electron chi connectivity index (χ1n) is 9.34. The predicted molar refractivity (Wildman–Crippen MR) is 101 cm³/mol. The Kier molecular flexibility index (Phi) is 6.03. The van der Waals surface area contributed by atoms with Crippen molar-refractivity contribution in [2.45, 2.75) is 38.1 Å². The van der Waals surface area contributed by atoms with Gasteiger partial charge in [-0.15, -0.1) is 0 Å². The molecule has 0 saturated carbocycles. The van der Waals surface area contributed by atoms with Crippen molar-refractivity contribution in [2.24, 2.45) is 5.92 Å². The van der Waals surface area contributed by atoms with Crippen LogP contribution >= 0.6 is 11.6 Å². The van der Waals surface area contributed by atoms with Gasteiger partial charge in [-0.25, -0.2) is 0 Å². The molecule has 2 saturated heterocycles. The number of likely N-dealkylation sites (tertiary alicyclic amines) is 2. The molecule has 3 rings (SSSR count). The molecule has 1 aromatic carbocycles. The van der Waals surface area contributed by atoms with Crippen LogP contribution in [0.4, 0.5) is 0 Å². The lowest BCUT2D eigenvalue weighted by Crippen LogP contribution is -2.72. The summed E-state index contributed by atoms with van der Waals surface area (Å²) in [6, 6.07) is 7.78. The normalized spacial score (nSPS) is 22.8. The molecule has 5 heteroatoms. The van der Waals surface area contributed by atoms with Gasteiger partial charge in [-0.1, -0.05) is 29.8 Å². The molecule has 2 aliphatic rings. The van der Waals surface area contributed by atoms with E-state index in [9.17, 15) is 4.79 Å². The topological polar surface area (TPSA) is 32.8 Å². The highest BCUT2D eigenvalue weighted by molar-refractivity contribution is 6.31. The van der Waals surface area contributed by atoms with Gasteiger partial charge in [0.2, 0.25) is 5.91 Å². The van der Waals surface area contributed by atoms with Gasteiger partial charge in [-0.2, -0.15) is 0 Å². The number of rotatable bonds is 6. The van der Waals surface area contributed by atoms with Crippen LogP contribution in [0.5, 0.6) is 0 Å². The molecule has 2 aliphatic heterocycles. The smallest absolute Gasteiger partial charge is 0.223 e. The molecule has 1 spiro atoms. The molecule has 1 aromatic rings. The highest BCUT2D eigenvalue weighted by atomic mass is 35.5. The average molecular weight is 365 g/mol. The van der Waals surface area contributed by atoms with E-state index in [-0.39, 0.29) is 11.4 Å². The Balaban J connectivity index is 1.50. The molecule has 138 valence electrons. The maximum absolute atomic E-state index is 12.5. The number of carbonyl (C=O) groups is 1. The molecule has 0 bridgehead atoms. The maximum atomic E-state index is 12.5. The Morgan fingerprint density at radius 2 is 2.12 bits per heavy atom. The number of halogens is 1. The zero-order valence-corrected chi connectivity index (χ0v) is 16.1. The summed E-state index contributed by atoms with van der Waals surface area (Å²) in [6.45, 7) is 6.49.